The van der Waals surface area contributed by atoms with Gasteiger partial charge < -0.3 is 24.0 Å². The van der Waals surface area contributed by atoms with Crippen molar-refractivity contribution in [3.8, 4) is 5.75 Å². The van der Waals surface area contributed by atoms with Crippen LogP contribution in [0.1, 0.15) is 38.3 Å². The largest absolute Gasteiger partial charge is 0.490 e. The molecule has 3 rings (SSSR count). The van der Waals surface area contributed by atoms with Gasteiger partial charge in [0.05, 0.1) is 12.2 Å². The third-order valence-corrected chi connectivity index (χ3v) is 4.97. The number of nitrogens with zero attached hydrogens (tertiary/aromatic N) is 2. The van der Waals surface area contributed by atoms with Crippen molar-refractivity contribution in [1.82, 2.24) is 4.90 Å². The molecule has 0 unspecified atom stereocenters. The van der Waals surface area contributed by atoms with E-state index in [9.17, 15) is 4.79 Å². The zero-order valence-electron chi connectivity index (χ0n) is 17.0. The number of carbonyl (C=O) groups is 1. The monoisotopic (exact) mass is 376 g/mol. The predicted molar refractivity (Wildman–Crippen MR) is 106 cm³/mol. The lowest BCUT2D eigenvalue weighted by molar-refractivity contribution is 0.0258. The maximum absolute atomic E-state index is 12.4. The molecule has 0 N–H and O–H groups in total. The van der Waals surface area contributed by atoms with Crippen LogP contribution in [0.25, 0.3) is 0 Å². The van der Waals surface area contributed by atoms with E-state index in [4.69, 9.17) is 14.2 Å². The standard InChI is InChI=1S/C21H32N2O4/c1-21(2,3)27-20(24)23-9-6-16-14-18-19(15-17(16)7-10-23)26-13-11-22(18)8-5-12-25-4/h14-15H,5-13H2,1-4H3. The first kappa shape index (κ1) is 19.8. The molecule has 0 radical (unpaired) electrons. The molecule has 0 bridgehead atoms. The Hall–Kier alpha value is -1.95. The normalized spacial score (nSPS) is 16.9. The minimum atomic E-state index is -0.466. The summed E-state index contributed by atoms with van der Waals surface area (Å²) in [6, 6.07) is 4.43. The van der Waals surface area contributed by atoms with Crippen LogP contribution in [0.4, 0.5) is 10.5 Å². The van der Waals surface area contributed by atoms with Crippen LogP contribution in [0.2, 0.25) is 0 Å². The Labute approximate surface area is 162 Å². The van der Waals surface area contributed by atoms with Gasteiger partial charge in [-0.15, -0.1) is 0 Å². The average molecular weight is 376 g/mol. The SMILES string of the molecule is COCCCN1CCOc2cc3c(cc21)CCN(C(=O)OC(C)(C)C)CC3. The Balaban J connectivity index is 1.72. The summed E-state index contributed by atoms with van der Waals surface area (Å²) in [6.07, 6.45) is 2.44. The maximum atomic E-state index is 12.4. The molecule has 2 aliphatic rings. The van der Waals surface area contributed by atoms with Gasteiger partial charge in [0, 0.05) is 33.4 Å². The van der Waals surface area contributed by atoms with Gasteiger partial charge in [0.15, 0.2) is 0 Å². The molecule has 6 nitrogen and oxygen atoms in total. The van der Waals surface area contributed by atoms with Gasteiger partial charge in [-0.1, -0.05) is 0 Å². The van der Waals surface area contributed by atoms with Gasteiger partial charge in [-0.2, -0.15) is 0 Å². The minimum Gasteiger partial charge on any atom is -0.490 e. The number of hydrogen-bond donors (Lipinski definition) is 0. The summed E-state index contributed by atoms with van der Waals surface area (Å²) in [5.74, 6) is 0.961. The van der Waals surface area contributed by atoms with Gasteiger partial charge in [0.1, 0.15) is 18.0 Å². The van der Waals surface area contributed by atoms with Gasteiger partial charge in [-0.05, 0) is 63.3 Å². The van der Waals surface area contributed by atoms with Crippen LogP contribution in [-0.4, -0.2) is 63.1 Å². The zero-order valence-corrected chi connectivity index (χ0v) is 17.0. The summed E-state index contributed by atoms with van der Waals surface area (Å²) < 4.78 is 16.7. The maximum Gasteiger partial charge on any atom is 0.410 e. The van der Waals surface area contributed by atoms with Crippen LogP contribution in [0, 0.1) is 0 Å². The molecule has 0 saturated heterocycles. The Morgan fingerprint density at radius 2 is 1.85 bits per heavy atom. The molecule has 2 heterocycles. The molecule has 6 heteroatoms. The van der Waals surface area contributed by atoms with Crippen molar-refractivity contribution < 1.29 is 19.0 Å². The van der Waals surface area contributed by atoms with Crippen LogP contribution in [-0.2, 0) is 22.3 Å². The van der Waals surface area contributed by atoms with E-state index < -0.39 is 5.60 Å². The Kier molecular flexibility index (Phi) is 6.15. The van der Waals surface area contributed by atoms with Crippen molar-refractivity contribution in [2.24, 2.45) is 0 Å². The summed E-state index contributed by atoms with van der Waals surface area (Å²) in [5.41, 5.74) is 3.29. The number of anilines is 1. The van der Waals surface area contributed by atoms with E-state index in [0.29, 0.717) is 19.7 Å². The highest BCUT2D eigenvalue weighted by Gasteiger charge is 2.26. The molecular weight excluding hydrogens is 344 g/mol. The fourth-order valence-corrected chi connectivity index (χ4v) is 3.63. The van der Waals surface area contributed by atoms with Crippen molar-refractivity contribution in [2.75, 3.05) is 51.4 Å². The summed E-state index contributed by atoms with van der Waals surface area (Å²) in [6.45, 7) is 10.4. The zero-order chi connectivity index (χ0) is 19.4. The fourth-order valence-electron chi connectivity index (χ4n) is 3.63. The van der Waals surface area contributed by atoms with E-state index in [0.717, 1.165) is 44.7 Å². The molecule has 0 fully saturated rings. The highest BCUT2D eigenvalue weighted by atomic mass is 16.6. The number of carbonyl (C=O) groups excluding carboxylic acids is 1. The molecule has 0 atom stereocenters. The van der Waals surface area contributed by atoms with E-state index in [1.54, 1.807) is 7.11 Å². The van der Waals surface area contributed by atoms with Gasteiger partial charge in [0.25, 0.3) is 0 Å². The molecule has 0 aliphatic carbocycles. The molecule has 27 heavy (non-hydrogen) atoms. The molecule has 2 aliphatic heterocycles. The van der Waals surface area contributed by atoms with Crippen LogP contribution < -0.4 is 9.64 Å². The number of rotatable bonds is 4. The van der Waals surface area contributed by atoms with Gasteiger partial charge in [0.2, 0.25) is 0 Å². The van der Waals surface area contributed by atoms with Gasteiger partial charge in [-0.25, -0.2) is 4.79 Å². The molecule has 1 aromatic carbocycles. The molecule has 0 spiro atoms. The fraction of sp³-hybridized carbons (Fsp3) is 0.667. The lowest BCUT2D eigenvalue weighted by atomic mass is 10.0. The van der Waals surface area contributed by atoms with Crippen molar-refractivity contribution in [1.29, 1.82) is 0 Å². The molecule has 0 saturated carbocycles. The molecule has 0 aromatic heterocycles. The second-order valence-electron chi connectivity index (χ2n) is 8.24. The number of fused-ring (bicyclic) bond motifs is 2. The van der Waals surface area contributed by atoms with E-state index in [2.05, 4.69) is 17.0 Å². The topological polar surface area (TPSA) is 51.2 Å². The van der Waals surface area contributed by atoms with Crippen LogP contribution in [0.15, 0.2) is 12.1 Å². The highest BCUT2D eigenvalue weighted by Crippen LogP contribution is 2.36. The van der Waals surface area contributed by atoms with E-state index in [1.807, 2.05) is 25.7 Å². The average Bonchev–Trinajstić information content (AvgIpc) is 2.81. The number of methoxy groups -OCH3 is 1. The van der Waals surface area contributed by atoms with Gasteiger partial charge >= 0.3 is 6.09 Å². The van der Waals surface area contributed by atoms with Crippen LogP contribution in [0.3, 0.4) is 0 Å². The Morgan fingerprint density at radius 3 is 2.52 bits per heavy atom. The third kappa shape index (κ3) is 5.06. The lowest BCUT2D eigenvalue weighted by Gasteiger charge is -2.32. The summed E-state index contributed by atoms with van der Waals surface area (Å²) in [7, 11) is 1.74. The molecule has 150 valence electrons. The highest BCUT2D eigenvalue weighted by molar-refractivity contribution is 5.69. The van der Waals surface area contributed by atoms with E-state index in [-0.39, 0.29) is 6.09 Å². The smallest absolute Gasteiger partial charge is 0.410 e. The summed E-state index contributed by atoms with van der Waals surface area (Å²) in [5, 5.41) is 0. The lowest BCUT2D eigenvalue weighted by Crippen LogP contribution is -2.38. The molecule has 1 amide bonds. The van der Waals surface area contributed by atoms with Crippen molar-refractivity contribution >= 4 is 11.8 Å². The van der Waals surface area contributed by atoms with Crippen LogP contribution >= 0.6 is 0 Å². The number of hydrogen-bond acceptors (Lipinski definition) is 5. The van der Waals surface area contributed by atoms with E-state index >= 15 is 0 Å². The quantitative estimate of drug-likeness (QED) is 0.755. The van der Waals surface area contributed by atoms with Crippen molar-refractivity contribution in [3.05, 3.63) is 23.3 Å². The first-order valence-electron chi connectivity index (χ1n) is 9.88. The second kappa shape index (κ2) is 8.38. The second-order valence-corrected chi connectivity index (χ2v) is 8.24. The summed E-state index contributed by atoms with van der Waals surface area (Å²) in [4.78, 5) is 16.6. The number of benzene rings is 1. The van der Waals surface area contributed by atoms with Gasteiger partial charge in [-0.3, -0.25) is 0 Å². The van der Waals surface area contributed by atoms with Crippen LogP contribution in [0.5, 0.6) is 5.75 Å². The first-order valence-corrected chi connectivity index (χ1v) is 9.88. The minimum absolute atomic E-state index is 0.225. The number of amides is 1. The van der Waals surface area contributed by atoms with Crippen molar-refractivity contribution in [3.63, 3.8) is 0 Å². The van der Waals surface area contributed by atoms with Crippen molar-refractivity contribution in [2.45, 2.75) is 45.6 Å². The predicted octanol–water partition coefficient (Wildman–Crippen LogP) is 3.26. The molecular formula is C21H32N2O4. The Bertz CT molecular complexity index is 669. The Morgan fingerprint density at radius 1 is 1.15 bits per heavy atom. The van der Waals surface area contributed by atoms with E-state index in [1.165, 1.54) is 16.8 Å². The summed E-state index contributed by atoms with van der Waals surface area (Å²) >= 11 is 0. The molecule has 1 aromatic rings. The first-order chi connectivity index (χ1) is 12.9. The number of ether oxygens (including phenoxy) is 3. The third-order valence-electron chi connectivity index (χ3n) is 4.97.